The number of halogens is 2. The first-order chi connectivity index (χ1) is 9.06. The maximum Gasteiger partial charge on any atom is 0.123 e. The Morgan fingerprint density at radius 1 is 0.895 bits per heavy atom. The van der Waals surface area contributed by atoms with Crippen molar-refractivity contribution < 1.29 is 8.78 Å². The van der Waals surface area contributed by atoms with Crippen LogP contribution in [0.4, 0.5) is 14.5 Å². The van der Waals surface area contributed by atoms with Crippen molar-refractivity contribution in [3.8, 4) is 0 Å². The summed E-state index contributed by atoms with van der Waals surface area (Å²) in [7, 11) is 0. The van der Waals surface area contributed by atoms with Crippen LogP contribution in [0.5, 0.6) is 0 Å². The molecule has 0 bridgehead atoms. The van der Waals surface area contributed by atoms with E-state index in [1.165, 1.54) is 47.6 Å². The molecule has 0 fully saturated rings. The number of hydrogen-bond acceptors (Lipinski definition) is 3. The highest BCUT2D eigenvalue weighted by atomic mass is 19.1. The van der Waals surface area contributed by atoms with Crippen LogP contribution in [-0.4, -0.2) is 0 Å². The van der Waals surface area contributed by atoms with Gasteiger partial charge in [-0.25, -0.2) is 14.6 Å². The van der Waals surface area contributed by atoms with Crippen LogP contribution in [0, 0.1) is 11.6 Å². The maximum atomic E-state index is 12.8. The van der Waals surface area contributed by atoms with E-state index in [-0.39, 0.29) is 11.6 Å². The van der Waals surface area contributed by atoms with Gasteiger partial charge in [-0.3, -0.25) is 5.01 Å². The summed E-state index contributed by atoms with van der Waals surface area (Å²) in [6.07, 6.45) is 1.49. The molecule has 4 N–H and O–H groups in total. The highest BCUT2D eigenvalue weighted by molar-refractivity contribution is 5.66. The lowest BCUT2D eigenvalue weighted by atomic mass is 10.2. The van der Waals surface area contributed by atoms with Crippen LogP contribution in [0.2, 0.25) is 0 Å². The Hall–Kier alpha value is -2.40. The minimum absolute atomic E-state index is 0.334. The third-order valence-corrected chi connectivity index (χ3v) is 2.58. The van der Waals surface area contributed by atoms with E-state index in [0.717, 1.165) is 0 Å². The lowest BCUT2D eigenvalue weighted by Gasteiger charge is -2.15. The zero-order chi connectivity index (χ0) is 13.8. The van der Waals surface area contributed by atoms with Gasteiger partial charge in [0.05, 0.1) is 11.4 Å². The van der Waals surface area contributed by atoms with Gasteiger partial charge in [-0.2, -0.15) is 0 Å². The van der Waals surface area contributed by atoms with Gasteiger partial charge in [0.25, 0.3) is 0 Å². The van der Waals surface area contributed by atoms with Crippen molar-refractivity contribution in [3.63, 3.8) is 0 Å². The largest absolute Gasteiger partial charge is 0.397 e. The summed E-state index contributed by atoms with van der Waals surface area (Å²) < 4.78 is 25.6. The van der Waals surface area contributed by atoms with Crippen molar-refractivity contribution >= 4 is 11.4 Å². The molecule has 2 aromatic rings. The number of benzene rings is 2. The first-order valence-corrected chi connectivity index (χ1v) is 5.59. The van der Waals surface area contributed by atoms with Crippen LogP contribution >= 0.6 is 0 Å². The van der Waals surface area contributed by atoms with Crippen LogP contribution in [0.15, 0.2) is 54.7 Å². The Morgan fingerprint density at radius 2 is 1.37 bits per heavy atom. The highest BCUT2D eigenvalue weighted by Gasteiger charge is 2.02. The minimum Gasteiger partial charge on any atom is -0.397 e. The average molecular weight is 261 g/mol. The van der Waals surface area contributed by atoms with Crippen LogP contribution in [0.25, 0.3) is 5.70 Å². The number of anilines is 1. The highest BCUT2D eigenvalue weighted by Crippen LogP contribution is 2.15. The second kappa shape index (κ2) is 5.49. The fourth-order valence-corrected chi connectivity index (χ4v) is 1.55. The lowest BCUT2D eigenvalue weighted by molar-refractivity contribution is 0.627. The molecular formula is C14H13F2N3. The summed E-state index contributed by atoms with van der Waals surface area (Å²) in [5, 5.41) is 1.28. The molecule has 0 aromatic heterocycles. The van der Waals surface area contributed by atoms with Gasteiger partial charge in [-0.05, 0) is 54.1 Å². The van der Waals surface area contributed by atoms with Gasteiger partial charge in [0.2, 0.25) is 0 Å². The van der Waals surface area contributed by atoms with E-state index >= 15 is 0 Å². The molecule has 0 saturated carbocycles. The third kappa shape index (κ3) is 3.29. The molecule has 0 spiro atoms. The molecule has 0 aliphatic carbocycles. The Morgan fingerprint density at radius 3 is 1.89 bits per heavy atom. The molecule has 0 amide bonds. The fraction of sp³-hybridized carbons (Fsp3) is 0. The number of nitrogens with zero attached hydrogens (tertiary/aromatic N) is 1. The Kier molecular flexibility index (Phi) is 3.77. The van der Waals surface area contributed by atoms with Crippen LogP contribution < -0.4 is 16.6 Å². The molecule has 0 atom stereocenters. The van der Waals surface area contributed by atoms with E-state index in [1.807, 2.05) is 0 Å². The van der Waals surface area contributed by atoms with E-state index in [4.69, 9.17) is 11.6 Å². The van der Waals surface area contributed by atoms with Crippen LogP contribution in [0.1, 0.15) is 5.56 Å². The number of hydrogen-bond donors (Lipinski definition) is 2. The van der Waals surface area contributed by atoms with Gasteiger partial charge < -0.3 is 5.73 Å². The van der Waals surface area contributed by atoms with E-state index in [0.29, 0.717) is 16.9 Å². The van der Waals surface area contributed by atoms with Gasteiger partial charge >= 0.3 is 0 Å². The van der Waals surface area contributed by atoms with E-state index < -0.39 is 0 Å². The zero-order valence-corrected chi connectivity index (χ0v) is 10.1. The van der Waals surface area contributed by atoms with Gasteiger partial charge in [0, 0.05) is 6.20 Å². The van der Waals surface area contributed by atoms with Crippen LogP contribution in [-0.2, 0) is 0 Å². The monoisotopic (exact) mass is 261 g/mol. The lowest BCUT2D eigenvalue weighted by Crippen LogP contribution is -2.25. The average Bonchev–Trinajstić information content (AvgIpc) is 2.40. The first kappa shape index (κ1) is 13.0. The SMILES string of the molecule is N/C(=C\N(N)c1ccc(F)cc1)c1ccc(F)cc1. The van der Waals surface area contributed by atoms with Crippen LogP contribution in [0.3, 0.4) is 0 Å². The molecule has 2 rings (SSSR count). The van der Waals surface area contributed by atoms with Gasteiger partial charge in [-0.15, -0.1) is 0 Å². The first-order valence-electron chi connectivity index (χ1n) is 5.59. The Labute approximate surface area is 109 Å². The van der Waals surface area contributed by atoms with Gasteiger partial charge in [-0.1, -0.05) is 0 Å². The molecule has 0 saturated heterocycles. The third-order valence-electron chi connectivity index (χ3n) is 2.58. The summed E-state index contributed by atoms with van der Waals surface area (Å²) in [5.74, 6) is 5.12. The van der Waals surface area contributed by atoms with Gasteiger partial charge in [0.1, 0.15) is 11.6 Å². The predicted octanol–water partition coefficient (Wildman–Crippen LogP) is 2.60. The Bertz CT molecular complexity index is 577. The number of nitrogens with two attached hydrogens (primary N) is 2. The molecule has 2 aromatic carbocycles. The van der Waals surface area contributed by atoms with Crippen molar-refractivity contribution in [3.05, 3.63) is 71.9 Å². The summed E-state index contributed by atoms with van der Waals surface area (Å²) >= 11 is 0. The molecule has 19 heavy (non-hydrogen) atoms. The normalized spacial score (nSPS) is 11.4. The smallest absolute Gasteiger partial charge is 0.123 e. The Balaban J connectivity index is 2.20. The van der Waals surface area contributed by atoms with E-state index in [9.17, 15) is 8.78 Å². The van der Waals surface area contributed by atoms with Crippen molar-refractivity contribution in [2.24, 2.45) is 11.6 Å². The fourth-order valence-electron chi connectivity index (χ4n) is 1.55. The van der Waals surface area contributed by atoms with Crippen molar-refractivity contribution in [1.29, 1.82) is 0 Å². The summed E-state index contributed by atoms with van der Waals surface area (Å²) in [6, 6.07) is 11.4. The molecule has 98 valence electrons. The molecule has 5 heteroatoms. The minimum atomic E-state index is -0.340. The van der Waals surface area contributed by atoms with Crippen molar-refractivity contribution in [2.75, 3.05) is 5.01 Å². The van der Waals surface area contributed by atoms with Gasteiger partial charge in [0.15, 0.2) is 0 Å². The van der Waals surface area contributed by atoms with E-state index in [1.54, 1.807) is 12.1 Å². The van der Waals surface area contributed by atoms with Crippen molar-refractivity contribution in [1.82, 2.24) is 0 Å². The molecule has 0 heterocycles. The molecule has 0 unspecified atom stereocenters. The topological polar surface area (TPSA) is 55.3 Å². The molecule has 0 aliphatic rings. The molecular weight excluding hydrogens is 248 g/mol. The molecule has 0 radical (unpaired) electrons. The van der Waals surface area contributed by atoms with E-state index in [2.05, 4.69) is 0 Å². The summed E-state index contributed by atoms with van der Waals surface area (Å²) in [5.41, 5.74) is 7.48. The molecule has 3 nitrogen and oxygen atoms in total. The summed E-state index contributed by atoms with van der Waals surface area (Å²) in [4.78, 5) is 0. The summed E-state index contributed by atoms with van der Waals surface area (Å²) in [6.45, 7) is 0. The number of hydrazine groups is 1. The predicted molar refractivity (Wildman–Crippen MR) is 71.6 cm³/mol. The zero-order valence-electron chi connectivity index (χ0n) is 10.1. The second-order valence-electron chi connectivity index (χ2n) is 3.98. The number of rotatable bonds is 3. The second-order valence-corrected chi connectivity index (χ2v) is 3.98. The standard InChI is InChI=1S/C14H13F2N3/c15-11-3-1-10(2-4-11)14(17)9-19(18)13-7-5-12(16)6-8-13/h1-9H,17-18H2/b14-9-. The maximum absolute atomic E-state index is 12.8. The quantitative estimate of drug-likeness (QED) is 0.659. The molecule has 0 aliphatic heterocycles. The van der Waals surface area contributed by atoms with Crippen molar-refractivity contribution in [2.45, 2.75) is 0 Å².